The predicted molar refractivity (Wildman–Crippen MR) is 76.2 cm³/mol. The van der Waals surface area contributed by atoms with Crippen molar-refractivity contribution in [2.75, 3.05) is 13.1 Å². The van der Waals surface area contributed by atoms with Crippen LogP contribution in [0.25, 0.3) is 0 Å². The molecule has 1 aliphatic carbocycles. The summed E-state index contributed by atoms with van der Waals surface area (Å²) >= 11 is 0. The highest BCUT2D eigenvalue weighted by Gasteiger charge is 2.34. The molecule has 0 spiro atoms. The highest BCUT2D eigenvalue weighted by atomic mass is 16.2. The number of nitrogens with one attached hydrogen (secondary N) is 2. The summed E-state index contributed by atoms with van der Waals surface area (Å²) in [6.45, 7) is 3.43. The maximum atomic E-state index is 12.2. The average Bonchev–Trinajstić information content (AvgIpc) is 2.40. The molecular formula is C14H26N4O. The molecule has 1 aliphatic heterocycles. The number of hydrogen-bond acceptors (Lipinski definition) is 2. The number of carbonyl (C=O) groups excluding carboxylic acids is 1. The van der Waals surface area contributed by atoms with Crippen molar-refractivity contribution in [2.45, 2.75) is 57.9 Å². The van der Waals surface area contributed by atoms with E-state index in [0.29, 0.717) is 19.1 Å². The minimum Gasteiger partial charge on any atom is -0.387 e. The van der Waals surface area contributed by atoms with E-state index in [-0.39, 0.29) is 17.3 Å². The number of nitrogens with zero attached hydrogens (tertiary/aromatic N) is 1. The van der Waals surface area contributed by atoms with Crippen LogP contribution in [-0.2, 0) is 0 Å². The maximum absolute atomic E-state index is 12.2. The fourth-order valence-corrected chi connectivity index (χ4v) is 2.99. The molecule has 0 aromatic carbocycles. The highest BCUT2D eigenvalue weighted by Crippen LogP contribution is 2.30. The SMILES string of the molecule is CC1(C(=N)N)CCN(C(=O)NC2CCCCC2)CC1. The van der Waals surface area contributed by atoms with Gasteiger partial charge in [-0.2, -0.15) is 0 Å². The molecule has 1 saturated carbocycles. The normalized spacial score (nSPS) is 23.9. The molecule has 5 nitrogen and oxygen atoms in total. The first kappa shape index (κ1) is 14.2. The maximum Gasteiger partial charge on any atom is 0.317 e. The molecule has 0 bridgehead atoms. The van der Waals surface area contributed by atoms with Crippen LogP contribution in [0.3, 0.4) is 0 Å². The first-order chi connectivity index (χ1) is 9.01. The molecule has 0 radical (unpaired) electrons. The molecule has 1 saturated heterocycles. The van der Waals surface area contributed by atoms with Crippen molar-refractivity contribution in [2.24, 2.45) is 11.1 Å². The lowest BCUT2D eigenvalue weighted by Gasteiger charge is -2.39. The Balaban J connectivity index is 1.80. The molecule has 5 heteroatoms. The van der Waals surface area contributed by atoms with Crippen LogP contribution in [0.5, 0.6) is 0 Å². The van der Waals surface area contributed by atoms with E-state index in [1.54, 1.807) is 0 Å². The molecule has 2 aliphatic rings. The minimum absolute atomic E-state index is 0.0671. The lowest BCUT2D eigenvalue weighted by molar-refractivity contribution is 0.154. The molecule has 1 heterocycles. The van der Waals surface area contributed by atoms with Crippen LogP contribution in [0.15, 0.2) is 0 Å². The summed E-state index contributed by atoms with van der Waals surface area (Å²) in [5.41, 5.74) is 5.42. The van der Waals surface area contributed by atoms with Gasteiger partial charge in [-0.3, -0.25) is 5.41 Å². The summed E-state index contributed by atoms with van der Waals surface area (Å²) in [6, 6.07) is 0.430. The summed E-state index contributed by atoms with van der Waals surface area (Å²) in [7, 11) is 0. The van der Waals surface area contributed by atoms with Crippen LogP contribution in [0.4, 0.5) is 4.79 Å². The second-order valence-corrected chi connectivity index (χ2v) is 6.25. The van der Waals surface area contributed by atoms with Crippen LogP contribution < -0.4 is 11.1 Å². The van der Waals surface area contributed by atoms with Crippen molar-refractivity contribution < 1.29 is 4.79 Å². The van der Waals surface area contributed by atoms with Crippen LogP contribution in [0, 0.1) is 10.8 Å². The summed E-state index contributed by atoms with van der Waals surface area (Å²) in [6.07, 6.45) is 7.57. The zero-order chi connectivity index (χ0) is 13.9. The van der Waals surface area contributed by atoms with Crippen molar-refractivity contribution in [3.05, 3.63) is 0 Å². The monoisotopic (exact) mass is 266 g/mol. The van der Waals surface area contributed by atoms with E-state index in [9.17, 15) is 4.79 Å². The van der Waals surface area contributed by atoms with Gasteiger partial charge < -0.3 is 16.0 Å². The van der Waals surface area contributed by atoms with Crippen molar-refractivity contribution in [3.8, 4) is 0 Å². The second kappa shape index (κ2) is 5.80. The Morgan fingerprint density at radius 1 is 1.26 bits per heavy atom. The predicted octanol–water partition coefficient (Wildman–Crippen LogP) is 2.07. The Hall–Kier alpha value is -1.26. The number of nitrogens with two attached hydrogens (primary N) is 1. The number of urea groups is 1. The van der Waals surface area contributed by atoms with Gasteiger partial charge in [0.15, 0.2) is 0 Å². The van der Waals surface area contributed by atoms with Gasteiger partial charge in [0.25, 0.3) is 0 Å². The molecule has 0 aromatic rings. The van der Waals surface area contributed by atoms with E-state index in [2.05, 4.69) is 5.32 Å². The topological polar surface area (TPSA) is 82.2 Å². The van der Waals surface area contributed by atoms with Gasteiger partial charge in [-0.05, 0) is 25.7 Å². The number of piperidine rings is 1. The van der Waals surface area contributed by atoms with Crippen molar-refractivity contribution >= 4 is 11.9 Å². The zero-order valence-corrected chi connectivity index (χ0v) is 11.9. The third-order valence-corrected chi connectivity index (χ3v) is 4.74. The Kier molecular flexibility index (Phi) is 4.32. The van der Waals surface area contributed by atoms with Crippen molar-refractivity contribution in [1.82, 2.24) is 10.2 Å². The van der Waals surface area contributed by atoms with Gasteiger partial charge in [0.2, 0.25) is 0 Å². The average molecular weight is 266 g/mol. The van der Waals surface area contributed by atoms with Crippen LogP contribution >= 0.6 is 0 Å². The number of carbonyl (C=O) groups is 1. The summed E-state index contributed by atoms with van der Waals surface area (Å²) in [5, 5.41) is 10.8. The third-order valence-electron chi connectivity index (χ3n) is 4.74. The van der Waals surface area contributed by atoms with E-state index >= 15 is 0 Å². The van der Waals surface area contributed by atoms with Crippen LogP contribution in [0.2, 0.25) is 0 Å². The first-order valence-corrected chi connectivity index (χ1v) is 7.41. The summed E-state index contributed by atoms with van der Waals surface area (Å²) in [5.74, 6) is 0.250. The summed E-state index contributed by atoms with van der Waals surface area (Å²) < 4.78 is 0. The van der Waals surface area contributed by atoms with Crippen molar-refractivity contribution in [3.63, 3.8) is 0 Å². The molecule has 2 rings (SSSR count). The number of likely N-dealkylation sites (tertiary alicyclic amines) is 1. The van der Waals surface area contributed by atoms with Gasteiger partial charge in [0, 0.05) is 24.5 Å². The van der Waals surface area contributed by atoms with Gasteiger partial charge in [-0.15, -0.1) is 0 Å². The zero-order valence-electron chi connectivity index (χ0n) is 11.9. The molecule has 0 unspecified atom stereocenters. The molecular weight excluding hydrogens is 240 g/mol. The molecule has 0 atom stereocenters. The quantitative estimate of drug-likeness (QED) is 0.528. The smallest absolute Gasteiger partial charge is 0.317 e. The summed E-state index contributed by atoms with van der Waals surface area (Å²) in [4.78, 5) is 14.1. The fraction of sp³-hybridized carbons (Fsp3) is 0.857. The lowest BCUT2D eigenvalue weighted by atomic mass is 9.79. The standard InChI is InChI=1S/C14H26N4O/c1-14(12(15)16)7-9-18(10-8-14)13(19)17-11-5-3-2-4-6-11/h11H,2-10H2,1H3,(H3,15,16)(H,17,19). The number of amidine groups is 1. The molecule has 19 heavy (non-hydrogen) atoms. The van der Waals surface area contributed by atoms with E-state index in [1.165, 1.54) is 19.3 Å². The van der Waals surface area contributed by atoms with Crippen molar-refractivity contribution in [1.29, 1.82) is 5.41 Å². The fourth-order valence-electron chi connectivity index (χ4n) is 2.99. The molecule has 4 N–H and O–H groups in total. The molecule has 108 valence electrons. The highest BCUT2D eigenvalue weighted by molar-refractivity contribution is 5.83. The Morgan fingerprint density at radius 3 is 2.37 bits per heavy atom. The van der Waals surface area contributed by atoms with Crippen LogP contribution in [-0.4, -0.2) is 35.9 Å². The van der Waals surface area contributed by atoms with E-state index in [0.717, 1.165) is 25.7 Å². The van der Waals surface area contributed by atoms with Gasteiger partial charge in [-0.25, -0.2) is 4.79 Å². The van der Waals surface area contributed by atoms with E-state index in [4.69, 9.17) is 11.1 Å². The number of rotatable bonds is 2. The van der Waals surface area contributed by atoms with Gasteiger partial charge in [0.05, 0.1) is 5.84 Å². The van der Waals surface area contributed by atoms with E-state index < -0.39 is 0 Å². The number of amides is 2. The molecule has 0 aromatic heterocycles. The largest absolute Gasteiger partial charge is 0.387 e. The van der Waals surface area contributed by atoms with Gasteiger partial charge >= 0.3 is 6.03 Å². The Morgan fingerprint density at radius 2 is 1.84 bits per heavy atom. The lowest BCUT2D eigenvalue weighted by Crippen LogP contribution is -2.51. The molecule has 2 amide bonds. The third kappa shape index (κ3) is 3.39. The first-order valence-electron chi connectivity index (χ1n) is 7.41. The van der Waals surface area contributed by atoms with Crippen LogP contribution in [0.1, 0.15) is 51.9 Å². The van der Waals surface area contributed by atoms with E-state index in [1.807, 2.05) is 11.8 Å². The minimum atomic E-state index is -0.221. The Bertz CT molecular complexity index is 341. The van der Waals surface area contributed by atoms with Gasteiger partial charge in [-0.1, -0.05) is 26.2 Å². The second-order valence-electron chi connectivity index (χ2n) is 6.25. The molecule has 2 fully saturated rings. The van der Waals surface area contributed by atoms with Gasteiger partial charge in [0.1, 0.15) is 0 Å². The number of hydrogen-bond donors (Lipinski definition) is 3. The Labute approximate surface area is 115 Å².